The van der Waals surface area contributed by atoms with Crippen LogP contribution in [0.5, 0.6) is 0 Å². The molecule has 90 valence electrons. The first-order chi connectivity index (χ1) is 8.63. The average molecular weight is 239 g/mol. The molecule has 18 heavy (non-hydrogen) atoms. The number of hydrogen-bond acceptors (Lipinski definition) is 4. The standard InChI is InChI=1S/C13H13N5/c1-8-3-4-12-15-6-10(18(12)7-8)13-16-9(2)5-11(14)17-13/h3-7H,1-2H3,(H2,14,16,17). The minimum Gasteiger partial charge on any atom is -0.384 e. The van der Waals surface area contributed by atoms with Gasteiger partial charge in [-0.25, -0.2) is 15.0 Å². The van der Waals surface area contributed by atoms with Crippen molar-refractivity contribution in [1.29, 1.82) is 0 Å². The first kappa shape index (κ1) is 10.7. The van der Waals surface area contributed by atoms with Gasteiger partial charge in [-0.15, -0.1) is 0 Å². The van der Waals surface area contributed by atoms with E-state index in [1.54, 1.807) is 12.3 Å². The fourth-order valence-electron chi connectivity index (χ4n) is 1.96. The number of nitrogen functional groups attached to an aromatic ring is 1. The van der Waals surface area contributed by atoms with Crippen LogP contribution in [0.4, 0.5) is 5.82 Å². The summed E-state index contributed by atoms with van der Waals surface area (Å²) in [6, 6.07) is 5.74. The monoisotopic (exact) mass is 239 g/mol. The normalized spacial score (nSPS) is 11.0. The molecule has 0 saturated carbocycles. The second-order valence-corrected chi connectivity index (χ2v) is 4.34. The fraction of sp³-hybridized carbons (Fsp3) is 0.154. The highest BCUT2D eigenvalue weighted by molar-refractivity contribution is 5.58. The summed E-state index contributed by atoms with van der Waals surface area (Å²) in [5, 5.41) is 0. The van der Waals surface area contributed by atoms with E-state index in [4.69, 9.17) is 5.73 Å². The topological polar surface area (TPSA) is 69.1 Å². The summed E-state index contributed by atoms with van der Waals surface area (Å²) in [5.74, 6) is 1.07. The molecule has 3 heterocycles. The van der Waals surface area contributed by atoms with Gasteiger partial charge in [0.1, 0.15) is 17.2 Å². The number of nitrogens with zero attached hydrogens (tertiary/aromatic N) is 4. The molecule has 0 fully saturated rings. The van der Waals surface area contributed by atoms with E-state index in [0.717, 1.165) is 22.6 Å². The molecule has 0 aromatic carbocycles. The fourth-order valence-corrected chi connectivity index (χ4v) is 1.96. The number of pyridine rings is 1. The lowest BCUT2D eigenvalue weighted by Gasteiger charge is -2.03. The first-order valence-electron chi connectivity index (χ1n) is 5.69. The Morgan fingerprint density at radius 1 is 1.17 bits per heavy atom. The maximum absolute atomic E-state index is 5.76. The zero-order chi connectivity index (χ0) is 12.7. The Morgan fingerprint density at radius 3 is 2.78 bits per heavy atom. The van der Waals surface area contributed by atoms with E-state index >= 15 is 0 Å². The number of aromatic nitrogens is 4. The lowest BCUT2D eigenvalue weighted by atomic mass is 10.3. The van der Waals surface area contributed by atoms with Gasteiger partial charge in [0.15, 0.2) is 5.82 Å². The summed E-state index contributed by atoms with van der Waals surface area (Å²) in [6.45, 7) is 3.94. The molecule has 3 rings (SSSR count). The highest BCUT2D eigenvalue weighted by Crippen LogP contribution is 2.19. The van der Waals surface area contributed by atoms with Crippen molar-refractivity contribution in [3.63, 3.8) is 0 Å². The molecule has 5 heteroatoms. The van der Waals surface area contributed by atoms with Crippen LogP contribution >= 0.6 is 0 Å². The molecular weight excluding hydrogens is 226 g/mol. The molecule has 0 aliphatic rings. The van der Waals surface area contributed by atoms with Crippen molar-refractivity contribution >= 4 is 11.5 Å². The molecule has 0 radical (unpaired) electrons. The van der Waals surface area contributed by atoms with E-state index in [2.05, 4.69) is 15.0 Å². The van der Waals surface area contributed by atoms with Gasteiger partial charge in [0.05, 0.1) is 6.20 Å². The highest BCUT2D eigenvalue weighted by atomic mass is 15.1. The summed E-state index contributed by atoms with van der Waals surface area (Å²) < 4.78 is 1.98. The van der Waals surface area contributed by atoms with E-state index in [-0.39, 0.29) is 0 Å². The number of rotatable bonds is 1. The smallest absolute Gasteiger partial charge is 0.180 e. The Hall–Kier alpha value is -2.43. The molecular formula is C13H13N5. The third kappa shape index (κ3) is 1.69. The van der Waals surface area contributed by atoms with Crippen LogP contribution in [0.1, 0.15) is 11.3 Å². The van der Waals surface area contributed by atoms with Crippen LogP contribution in [-0.2, 0) is 0 Å². The summed E-state index contributed by atoms with van der Waals surface area (Å²) in [4.78, 5) is 13.0. The Morgan fingerprint density at radius 2 is 2.00 bits per heavy atom. The van der Waals surface area contributed by atoms with Crippen molar-refractivity contribution in [2.24, 2.45) is 0 Å². The molecule has 3 aromatic heterocycles. The van der Waals surface area contributed by atoms with Crippen molar-refractivity contribution in [3.8, 4) is 11.5 Å². The number of aryl methyl sites for hydroxylation is 2. The van der Waals surface area contributed by atoms with Crippen molar-refractivity contribution in [2.45, 2.75) is 13.8 Å². The van der Waals surface area contributed by atoms with Gasteiger partial charge in [0.2, 0.25) is 0 Å². The molecule has 0 bridgehead atoms. The lowest BCUT2D eigenvalue weighted by Crippen LogP contribution is -1.99. The van der Waals surface area contributed by atoms with Gasteiger partial charge >= 0.3 is 0 Å². The molecule has 5 nitrogen and oxygen atoms in total. The van der Waals surface area contributed by atoms with Crippen LogP contribution in [0, 0.1) is 13.8 Å². The van der Waals surface area contributed by atoms with E-state index in [9.17, 15) is 0 Å². The zero-order valence-corrected chi connectivity index (χ0v) is 10.3. The van der Waals surface area contributed by atoms with Gasteiger partial charge in [0, 0.05) is 18.0 Å². The maximum Gasteiger partial charge on any atom is 0.180 e. The van der Waals surface area contributed by atoms with Crippen LogP contribution in [0.2, 0.25) is 0 Å². The van der Waals surface area contributed by atoms with Gasteiger partial charge in [0.25, 0.3) is 0 Å². The Labute approximate surface area is 104 Å². The number of anilines is 1. The molecule has 0 spiro atoms. The summed E-state index contributed by atoms with van der Waals surface area (Å²) >= 11 is 0. The first-order valence-corrected chi connectivity index (χ1v) is 5.69. The maximum atomic E-state index is 5.76. The predicted octanol–water partition coefficient (Wildman–Crippen LogP) is 1.99. The second-order valence-electron chi connectivity index (χ2n) is 4.34. The molecule has 0 amide bonds. The van der Waals surface area contributed by atoms with Crippen molar-refractivity contribution in [1.82, 2.24) is 19.4 Å². The Kier molecular flexibility index (Phi) is 2.26. The largest absolute Gasteiger partial charge is 0.384 e. The number of nitrogens with two attached hydrogens (primary N) is 1. The molecule has 2 N–H and O–H groups in total. The third-order valence-electron chi connectivity index (χ3n) is 2.76. The number of hydrogen-bond donors (Lipinski definition) is 1. The molecule has 0 atom stereocenters. The summed E-state index contributed by atoms with van der Waals surface area (Å²) in [6.07, 6.45) is 3.78. The van der Waals surface area contributed by atoms with E-state index in [1.165, 1.54) is 0 Å². The third-order valence-corrected chi connectivity index (χ3v) is 2.76. The molecule has 0 aliphatic heterocycles. The summed E-state index contributed by atoms with van der Waals surface area (Å²) in [5.41, 5.74) is 9.49. The lowest BCUT2D eigenvalue weighted by molar-refractivity contribution is 1.07. The van der Waals surface area contributed by atoms with Crippen molar-refractivity contribution < 1.29 is 0 Å². The Balaban J connectivity index is 2.27. The van der Waals surface area contributed by atoms with E-state index < -0.39 is 0 Å². The van der Waals surface area contributed by atoms with E-state index in [0.29, 0.717) is 11.6 Å². The quantitative estimate of drug-likeness (QED) is 0.705. The van der Waals surface area contributed by atoms with Crippen molar-refractivity contribution in [3.05, 3.63) is 41.9 Å². The van der Waals surface area contributed by atoms with Crippen LogP contribution in [-0.4, -0.2) is 19.4 Å². The zero-order valence-electron chi connectivity index (χ0n) is 10.3. The van der Waals surface area contributed by atoms with Crippen LogP contribution in [0.15, 0.2) is 30.6 Å². The van der Waals surface area contributed by atoms with Gasteiger partial charge in [-0.2, -0.15) is 0 Å². The van der Waals surface area contributed by atoms with Gasteiger partial charge < -0.3 is 5.73 Å². The van der Waals surface area contributed by atoms with Gasteiger partial charge in [-0.05, 0) is 25.5 Å². The highest BCUT2D eigenvalue weighted by Gasteiger charge is 2.09. The minimum absolute atomic E-state index is 0.472. The van der Waals surface area contributed by atoms with Gasteiger partial charge in [-0.3, -0.25) is 4.40 Å². The molecule has 0 saturated heterocycles. The number of imidazole rings is 1. The average Bonchev–Trinajstić information content (AvgIpc) is 2.70. The molecule has 0 unspecified atom stereocenters. The second kappa shape index (κ2) is 3.80. The SMILES string of the molecule is Cc1ccc2ncc(-c3nc(C)cc(N)n3)n2c1. The van der Waals surface area contributed by atoms with Crippen molar-refractivity contribution in [2.75, 3.05) is 5.73 Å². The minimum atomic E-state index is 0.472. The van der Waals surface area contributed by atoms with Gasteiger partial charge in [-0.1, -0.05) is 6.07 Å². The van der Waals surface area contributed by atoms with Crippen LogP contribution in [0.3, 0.4) is 0 Å². The number of fused-ring (bicyclic) bond motifs is 1. The summed E-state index contributed by atoms with van der Waals surface area (Å²) in [7, 11) is 0. The van der Waals surface area contributed by atoms with Crippen LogP contribution in [0.25, 0.3) is 17.2 Å². The molecule has 0 aliphatic carbocycles. The van der Waals surface area contributed by atoms with Crippen LogP contribution < -0.4 is 5.73 Å². The van der Waals surface area contributed by atoms with E-state index in [1.807, 2.05) is 36.6 Å². The Bertz CT molecular complexity index is 709. The predicted molar refractivity (Wildman–Crippen MR) is 70.1 cm³/mol. The molecule has 3 aromatic rings.